The zero-order chi connectivity index (χ0) is 21.8. The van der Waals surface area contributed by atoms with Crippen molar-refractivity contribution in [3.05, 3.63) is 58.1 Å². The summed E-state index contributed by atoms with van der Waals surface area (Å²) in [5, 5.41) is 2.19. The molecule has 0 saturated carbocycles. The first-order valence-electron chi connectivity index (χ1n) is 7.88. The number of hydrogen-bond acceptors (Lipinski definition) is 5. The van der Waals surface area contributed by atoms with Gasteiger partial charge in [0, 0.05) is 6.07 Å². The first-order valence-corrected chi connectivity index (χ1v) is 10.1. The van der Waals surface area contributed by atoms with E-state index in [4.69, 9.17) is 27.9 Å². The Morgan fingerprint density at radius 2 is 1.79 bits per heavy atom. The summed E-state index contributed by atoms with van der Waals surface area (Å²) >= 11 is 11.5. The fourth-order valence-corrected chi connectivity index (χ4v) is 3.61. The molecule has 0 bridgehead atoms. The summed E-state index contributed by atoms with van der Waals surface area (Å²) in [6, 6.07) is 4.65. The van der Waals surface area contributed by atoms with Crippen molar-refractivity contribution >= 4 is 50.8 Å². The van der Waals surface area contributed by atoms with Crippen LogP contribution in [0.15, 0.2) is 41.3 Å². The van der Waals surface area contributed by atoms with E-state index in [0.29, 0.717) is 0 Å². The molecular formula is C17H14Cl2F2N2O5S. The molecular weight excluding hydrogens is 453 g/mol. The zero-order valence-electron chi connectivity index (χ0n) is 14.7. The number of hydrogen-bond donors (Lipinski definition) is 2. The smallest absolute Gasteiger partial charge is 0.324 e. The minimum absolute atomic E-state index is 0.00558. The van der Waals surface area contributed by atoms with Gasteiger partial charge in [-0.1, -0.05) is 23.2 Å². The van der Waals surface area contributed by atoms with E-state index in [1.54, 1.807) is 0 Å². The van der Waals surface area contributed by atoms with Gasteiger partial charge in [-0.3, -0.25) is 9.59 Å². The Bertz CT molecular complexity index is 1050. The van der Waals surface area contributed by atoms with E-state index in [1.807, 2.05) is 5.32 Å². The lowest BCUT2D eigenvalue weighted by Crippen LogP contribution is -2.40. The minimum atomic E-state index is -4.13. The van der Waals surface area contributed by atoms with Gasteiger partial charge in [0.15, 0.2) is 6.61 Å². The van der Waals surface area contributed by atoms with Crippen LogP contribution in [0.2, 0.25) is 10.0 Å². The van der Waals surface area contributed by atoms with Crippen LogP contribution in [-0.4, -0.2) is 32.9 Å². The largest absolute Gasteiger partial charge is 0.454 e. The van der Waals surface area contributed by atoms with Gasteiger partial charge in [-0.05, 0) is 37.3 Å². The molecule has 2 aromatic rings. The molecule has 2 rings (SSSR count). The molecule has 0 fully saturated rings. The quantitative estimate of drug-likeness (QED) is 0.610. The molecule has 1 amide bonds. The molecule has 29 heavy (non-hydrogen) atoms. The summed E-state index contributed by atoms with van der Waals surface area (Å²) in [4.78, 5) is 23.4. The molecule has 0 heterocycles. The number of nitrogens with one attached hydrogen (secondary N) is 2. The van der Waals surface area contributed by atoms with Gasteiger partial charge < -0.3 is 10.1 Å². The van der Waals surface area contributed by atoms with Gasteiger partial charge >= 0.3 is 5.97 Å². The maximum atomic E-state index is 13.5. The molecule has 0 saturated heterocycles. The minimum Gasteiger partial charge on any atom is -0.454 e. The summed E-state index contributed by atoms with van der Waals surface area (Å²) < 4.78 is 57.9. The number of benzene rings is 2. The van der Waals surface area contributed by atoms with Crippen LogP contribution in [0.4, 0.5) is 14.5 Å². The lowest BCUT2D eigenvalue weighted by atomic mass is 10.3. The summed E-state index contributed by atoms with van der Waals surface area (Å²) in [7, 11) is -4.13. The SMILES string of the molecule is C[C@H](NS(=O)(=O)c1ccc(Cl)c(Cl)c1)C(=O)OCC(=O)Nc1cc(F)ccc1F. The van der Waals surface area contributed by atoms with Crippen molar-refractivity contribution in [1.29, 1.82) is 0 Å². The van der Waals surface area contributed by atoms with Crippen LogP contribution in [0.5, 0.6) is 0 Å². The van der Waals surface area contributed by atoms with Crippen molar-refractivity contribution in [3.8, 4) is 0 Å². The van der Waals surface area contributed by atoms with Crippen molar-refractivity contribution in [1.82, 2.24) is 4.72 Å². The Kier molecular flexibility index (Phi) is 7.53. The third-order valence-corrected chi connectivity index (χ3v) is 5.71. The molecule has 0 radical (unpaired) electrons. The Hall–Kier alpha value is -2.27. The second-order valence-corrected chi connectivity index (χ2v) is 8.23. The van der Waals surface area contributed by atoms with Crippen LogP contribution >= 0.6 is 23.2 Å². The van der Waals surface area contributed by atoms with Gasteiger partial charge in [0.1, 0.15) is 17.7 Å². The van der Waals surface area contributed by atoms with Gasteiger partial charge in [-0.2, -0.15) is 4.72 Å². The van der Waals surface area contributed by atoms with Crippen molar-refractivity contribution in [3.63, 3.8) is 0 Å². The second kappa shape index (κ2) is 9.49. The van der Waals surface area contributed by atoms with Crippen LogP contribution in [-0.2, 0) is 24.3 Å². The Morgan fingerprint density at radius 3 is 2.45 bits per heavy atom. The first kappa shape index (κ1) is 23.0. The number of halogens is 4. The van der Waals surface area contributed by atoms with Gasteiger partial charge in [0.2, 0.25) is 10.0 Å². The summed E-state index contributed by atoms with van der Waals surface area (Å²) in [6.07, 6.45) is 0. The number of anilines is 1. The molecule has 2 N–H and O–H groups in total. The molecule has 0 aliphatic rings. The van der Waals surface area contributed by atoms with Crippen LogP contribution in [0.1, 0.15) is 6.92 Å². The second-order valence-electron chi connectivity index (χ2n) is 5.70. The standard InChI is InChI=1S/C17H14Cl2F2N2O5S/c1-9(23-29(26,27)11-3-4-12(18)13(19)7-11)17(25)28-8-16(24)22-15-6-10(20)2-5-14(15)21/h2-7,9,23H,8H2,1H3,(H,22,24)/t9-/m0/s1. The molecule has 1 atom stereocenters. The van der Waals surface area contributed by atoms with E-state index < -0.39 is 51.9 Å². The van der Waals surface area contributed by atoms with Crippen LogP contribution in [0.25, 0.3) is 0 Å². The third-order valence-electron chi connectivity index (χ3n) is 3.43. The van der Waals surface area contributed by atoms with Crippen LogP contribution < -0.4 is 10.0 Å². The molecule has 7 nitrogen and oxygen atoms in total. The Balaban J connectivity index is 1.93. The lowest BCUT2D eigenvalue weighted by Gasteiger charge is -2.14. The van der Waals surface area contributed by atoms with Gasteiger partial charge in [-0.15, -0.1) is 0 Å². The van der Waals surface area contributed by atoms with Crippen LogP contribution in [0, 0.1) is 11.6 Å². The predicted molar refractivity (Wildman–Crippen MR) is 102 cm³/mol. The number of amides is 1. The number of sulfonamides is 1. The summed E-state index contributed by atoms with van der Waals surface area (Å²) in [6.45, 7) is 0.356. The van der Waals surface area contributed by atoms with Crippen molar-refractivity contribution in [2.24, 2.45) is 0 Å². The number of carbonyl (C=O) groups is 2. The van der Waals surface area contributed by atoms with E-state index in [-0.39, 0.29) is 14.9 Å². The fourth-order valence-electron chi connectivity index (χ4n) is 2.03. The van der Waals surface area contributed by atoms with Gasteiger partial charge in [0.05, 0.1) is 20.6 Å². The third kappa shape index (κ3) is 6.36. The maximum absolute atomic E-state index is 13.5. The average Bonchev–Trinajstić information content (AvgIpc) is 2.64. The molecule has 156 valence electrons. The molecule has 0 aliphatic heterocycles. The molecule has 2 aromatic carbocycles. The highest BCUT2D eigenvalue weighted by molar-refractivity contribution is 7.89. The fraction of sp³-hybridized carbons (Fsp3) is 0.176. The van der Waals surface area contributed by atoms with E-state index in [0.717, 1.165) is 24.3 Å². The highest BCUT2D eigenvalue weighted by Crippen LogP contribution is 2.24. The van der Waals surface area contributed by atoms with Crippen LogP contribution in [0.3, 0.4) is 0 Å². The number of rotatable bonds is 7. The number of carbonyl (C=O) groups excluding carboxylic acids is 2. The molecule has 0 aliphatic carbocycles. The van der Waals surface area contributed by atoms with E-state index in [1.165, 1.54) is 19.1 Å². The molecule has 0 unspecified atom stereocenters. The molecule has 12 heteroatoms. The van der Waals surface area contributed by atoms with Gasteiger partial charge in [0.25, 0.3) is 5.91 Å². The van der Waals surface area contributed by atoms with Gasteiger partial charge in [-0.25, -0.2) is 17.2 Å². The van der Waals surface area contributed by atoms with E-state index in [9.17, 15) is 26.8 Å². The van der Waals surface area contributed by atoms with Crippen molar-refractivity contribution < 1.29 is 31.5 Å². The highest BCUT2D eigenvalue weighted by atomic mass is 35.5. The molecule has 0 aromatic heterocycles. The normalized spacial score (nSPS) is 12.3. The highest BCUT2D eigenvalue weighted by Gasteiger charge is 2.24. The molecule has 0 spiro atoms. The maximum Gasteiger partial charge on any atom is 0.324 e. The topological polar surface area (TPSA) is 102 Å². The Morgan fingerprint density at radius 1 is 1.10 bits per heavy atom. The van der Waals surface area contributed by atoms with E-state index in [2.05, 4.69) is 4.72 Å². The summed E-state index contributed by atoms with van der Waals surface area (Å²) in [5.74, 6) is -3.66. The van der Waals surface area contributed by atoms with E-state index >= 15 is 0 Å². The lowest BCUT2D eigenvalue weighted by molar-refractivity contribution is -0.148. The first-order chi connectivity index (χ1) is 13.5. The van der Waals surface area contributed by atoms with Crippen molar-refractivity contribution in [2.75, 3.05) is 11.9 Å². The number of ether oxygens (including phenoxy) is 1. The average molecular weight is 467 g/mol. The predicted octanol–water partition coefficient (Wildman–Crippen LogP) is 3.12. The Labute approximate surface area is 175 Å². The zero-order valence-corrected chi connectivity index (χ0v) is 17.0. The number of esters is 1. The van der Waals surface area contributed by atoms with Crippen molar-refractivity contribution in [2.45, 2.75) is 17.9 Å². The summed E-state index contributed by atoms with van der Waals surface area (Å²) in [5.41, 5.74) is -0.431. The monoisotopic (exact) mass is 466 g/mol.